The third kappa shape index (κ3) is 9.17. The van der Waals surface area contributed by atoms with Crippen LogP contribution in [0.25, 0.3) is 0 Å². The summed E-state index contributed by atoms with van der Waals surface area (Å²) in [6, 6.07) is 0. The molecule has 23 valence electrons. The molecule has 0 aliphatic heterocycles. The summed E-state index contributed by atoms with van der Waals surface area (Å²) in [5, 5.41) is 0. The number of hydrogen-bond donors (Lipinski definition) is 0. The molecule has 0 bridgehead atoms. The fourth-order valence-corrected chi connectivity index (χ4v) is 0. The first-order chi connectivity index (χ1) is 1.00. The van der Waals surface area contributed by atoms with Crippen molar-refractivity contribution in [3.63, 3.8) is 0 Å². The Morgan fingerprint density at radius 2 is 1.25 bits per heavy atom. The van der Waals surface area contributed by atoms with E-state index < -0.39 is 0 Å². The second-order valence-electron chi connectivity index (χ2n) is 0. The predicted octanol–water partition coefficient (Wildman–Crippen LogP) is 0.268. The van der Waals surface area contributed by atoms with Crippen LogP contribution in [0.1, 0.15) is 0 Å². The van der Waals surface area contributed by atoms with E-state index in [1.807, 2.05) is 0 Å². The molecule has 0 fully saturated rings. The van der Waals surface area contributed by atoms with Gasteiger partial charge in [-0.2, -0.15) is 9.90 Å². The van der Waals surface area contributed by atoms with Gasteiger partial charge in [0.1, 0.15) is 0 Å². The molecule has 4 heavy (non-hydrogen) atoms. The molecule has 4 heteroatoms. The SMILES string of the molecule is P.P=S.[In]. The molecule has 0 amide bonds. The van der Waals surface area contributed by atoms with Gasteiger partial charge in [0, 0.05) is 25.8 Å². The molecule has 0 nitrogen and oxygen atoms in total. The van der Waals surface area contributed by atoms with Crippen molar-refractivity contribution in [2.45, 2.75) is 0 Å². The maximum atomic E-state index is 3.89. The van der Waals surface area contributed by atoms with Crippen LogP contribution in [0.5, 0.6) is 0 Å². The van der Waals surface area contributed by atoms with Crippen LogP contribution in [0.15, 0.2) is 0 Å². The molecule has 3 radical (unpaired) electrons. The molecule has 0 saturated carbocycles. The molecule has 0 saturated heterocycles. The van der Waals surface area contributed by atoms with Crippen LogP contribution in [-0.2, 0) is 11.8 Å². The van der Waals surface area contributed by atoms with Gasteiger partial charge in [-0.1, -0.05) is 11.8 Å². The zero-order valence-electron chi connectivity index (χ0n) is 2.19. The maximum absolute atomic E-state index is 3.89. The van der Waals surface area contributed by atoms with Crippen molar-refractivity contribution in [2.24, 2.45) is 0 Å². The van der Waals surface area contributed by atoms with Gasteiger partial charge < -0.3 is 0 Å². The zero-order chi connectivity index (χ0) is 2.00. The summed E-state index contributed by atoms with van der Waals surface area (Å²) in [4.78, 5) is 0. The maximum Gasteiger partial charge on any atom is 0 e. The first-order valence-electron chi connectivity index (χ1n) is 0.204. The van der Waals surface area contributed by atoms with Crippen LogP contribution in [0.3, 0.4) is 0 Å². The quantitative estimate of drug-likeness (QED) is 0.520. The van der Waals surface area contributed by atoms with E-state index in [1.54, 1.807) is 0 Å². The molecule has 0 aromatic heterocycles. The van der Waals surface area contributed by atoms with Crippen molar-refractivity contribution >= 4 is 55.6 Å². The van der Waals surface area contributed by atoms with Crippen molar-refractivity contribution in [3.05, 3.63) is 0 Å². The normalized spacial score (nSPS) is 1.00. The molecule has 0 N–H and O–H groups in total. The summed E-state index contributed by atoms with van der Waals surface area (Å²) in [5.41, 5.74) is 0. The Hall–Kier alpha value is 1.82. The van der Waals surface area contributed by atoms with Crippen LogP contribution in [0.4, 0.5) is 0 Å². The molecule has 0 heterocycles. The molecule has 0 aromatic carbocycles. The van der Waals surface area contributed by atoms with E-state index in [0.29, 0.717) is 0 Å². The van der Waals surface area contributed by atoms with Gasteiger partial charge in [-0.25, -0.2) is 0 Å². The van der Waals surface area contributed by atoms with Gasteiger partial charge in [-0.15, -0.1) is 0 Å². The third-order valence-corrected chi connectivity index (χ3v) is 0. The molecule has 1 unspecified atom stereocenters. The molecule has 0 spiro atoms. The number of rotatable bonds is 0. The summed E-state index contributed by atoms with van der Waals surface area (Å²) in [6.45, 7) is 0. The second-order valence-corrected chi connectivity index (χ2v) is 0. The zero-order valence-corrected chi connectivity index (χ0v) is 8.72. The van der Waals surface area contributed by atoms with Gasteiger partial charge in [-0.3, -0.25) is 0 Å². The van der Waals surface area contributed by atoms with E-state index in [4.69, 9.17) is 0 Å². The Bertz CT molecular complexity index is 6.00. The Labute approximate surface area is 55.4 Å². The average molecular weight is 213 g/mol. The predicted molar refractivity (Wildman–Crippen MR) is 32.5 cm³/mol. The van der Waals surface area contributed by atoms with Crippen molar-refractivity contribution < 1.29 is 0 Å². The molecular formula is H4InP2S. The van der Waals surface area contributed by atoms with E-state index in [-0.39, 0.29) is 35.7 Å². The summed E-state index contributed by atoms with van der Waals surface area (Å²) in [7, 11) is 2.56. The van der Waals surface area contributed by atoms with Crippen molar-refractivity contribution in [2.75, 3.05) is 0 Å². The minimum atomic E-state index is 0. The molecule has 1 atom stereocenters. The van der Waals surface area contributed by atoms with E-state index in [1.165, 1.54) is 0 Å². The Morgan fingerprint density at radius 1 is 1.25 bits per heavy atom. The fourth-order valence-electron chi connectivity index (χ4n) is 0. The minimum Gasteiger partial charge on any atom is -0.153 e. The van der Waals surface area contributed by atoms with Gasteiger partial charge in [0.2, 0.25) is 0 Å². The topological polar surface area (TPSA) is 0 Å². The summed E-state index contributed by atoms with van der Waals surface area (Å²) >= 11 is 3.89. The van der Waals surface area contributed by atoms with Gasteiger partial charge in [0.05, 0.1) is 0 Å². The van der Waals surface area contributed by atoms with Crippen LogP contribution in [0, 0.1) is 0 Å². The first-order valence-corrected chi connectivity index (χ1v) is 1.84. The van der Waals surface area contributed by atoms with Crippen molar-refractivity contribution in [1.82, 2.24) is 0 Å². The van der Waals surface area contributed by atoms with Crippen LogP contribution in [-0.4, -0.2) is 25.8 Å². The molecule has 0 aliphatic carbocycles. The second kappa shape index (κ2) is 21.2. The smallest absolute Gasteiger partial charge is 0 e. The van der Waals surface area contributed by atoms with Crippen molar-refractivity contribution in [1.29, 1.82) is 0 Å². The molecule has 0 rings (SSSR count). The van der Waals surface area contributed by atoms with Crippen LogP contribution < -0.4 is 0 Å². The van der Waals surface area contributed by atoms with E-state index in [2.05, 4.69) is 19.8 Å². The third-order valence-electron chi connectivity index (χ3n) is 0. The molecular weight excluding hydrogens is 209 g/mol. The van der Waals surface area contributed by atoms with Crippen LogP contribution in [0.2, 0.25) is 0 Å². The Balaban J connectivity index is -0.00000000500. The first kappa shape index (κ1) is 17.0. The minimum absolute atomic E-state index is 0. The van der Waals surface area contributed by atoms with Gasteiger partial charge >= 0.3 is 0 Å². The largest absolute Gasteiger partial charge is 0.153 e. The van der Waals surface area contributed by atoms with Crippen LogP contribution >= 0.6 is 17.9 Å². The average Bonchev–Trinajstić information content (AvgIpc) is 1.00. The summed E-state index contributed by atoms with van der Waals surface area (Å²) in [5.74, 6) is 0. The van der Waals surface area contributed by atoms with Gasteiger partial charge in [0.25, 0.3) is 0 Å². The monoisotopic (exact) mass is 213 g/mol. The molecule has 0 aromatic rings. The standard InChI is InChI=1S/In.HPS.H3P/c;1-2;/h;1H;1H3. The summed E-state index contributed by atoms with van der Waals surface area (Å²) in [6.07, 6.45) is 0. The summed E-state index contributed by atoms with van der Waals surface area (Å²) < 4.78 is 0. The van der Waals surface area contributed by atoms with E-state index in [0.717, 1.165) is 0 Å². The Morgan fingerprint density at radius 3 is 1.25 bits per heavy atom. The fraction of sp³-hybridized carbons (Fsp3) is 0. The van der Waals surface area contributed by atoms with Gasteiger partial charge in [-0.05, 0) is 8.02 Å². The van der Waals surface area contributed by atoms with E-state index in [9.17, 15) is 0 Å². The Kier molecular flexibility index (Phi) is 90.3. The molecule has 0 aliphatic rings. The number of hydrogen-bond acceptors (Lipinski definition) is 1. The van der Waals surface area contributed by atoms with Crippen molar-refractivity contribution in [3.8, 4) is 0 Å². The van der Waals surface area contributed by atoms with Gasteiger partial charge in [0.15, 0.2) is 0 Å². The van der Waals surface area contributed by atoms with E-state index >= 15 is 0 Å².